The van der Waals surface area contributed by atoms with Crippen LogP contribution in [0.1, 0.15) is 15.9 Å². The van der Waals surface area contributed by atoms with E-state index in [0.717, 1.165) is 5.56 Å². The van der Waals surface area contributed by atoms with E-state index in [0.29, 0.717) is 20.7 Å². The molecule has 2 aromatic carbocycles. The highest BCUT2D eigenvalue weighted by molar-refractivity contribution is 8.27. The van der Waals surface area contributed by atoms with Gasteiger partial charge < -0.3 is 9.84 Å². The number of carboxylic acids is 1. The van der Waals surface area contributed by atoms with Gasteiger partial charge >= 0.3 is 5.97 Å². The number of amides is 1. The van der Waals surface area contributed by atoms with E-state index in [9.17, 15) is 9.59 Å². The third-order valence-electron chi connectivity index (χ3n) is 3.58. The van der Waals surface area contributed by atoms with Gasteiger partial charge in [-0.05, 0) is 48.0 Å². The summed E-state index contributed by atoms with van der Waals surface area (Å²) in [4.78, 5) is 25.5. The highest BCUT2D eigenvalue weighted by Gasteiger charge is 2.33. The number of rotatable bonds is 4. The van der Waals surface area contributed by atoms with Crippen LogP contribution in [0.3, 0.4) is 0 Å². The molecule has 25 heavy (non-hydrogen) atoms. The minimum Gasteiger partial charge on any atom is -0.497 e. The van der Waals surface area contributed by atoms with Gasteiger partial charge in [0.2, 0.25) is 0 Å². The van der Waals surface area contributed by atoms with E-state index in [1.165, 1.54) is 28.8 Å². The number of anilines is 1. The van der Waals surface area contributed by atoms with Crippen LogP contribution in [-0.4, -0.2) is 28.4 Å². The minimum absolute atomic E-state index is 0.197. The average Bonchev–Trinajstić information content (AvgIpc) is 2.89. The fraction of sp³-hybridized carbons (Fsp3) is 0.0556. The van der Waals surface area contributed by atoms with Crippen LogP contribution in [-0.2, 0) is 4.79 Å². The number of carbonyl (C=O) groups is 2. The van der Waals surface area contributed by atoms with E-state index >= 15 is 0 Å². The van der Waals surface area contributed by atoms with Crippen molar-refractivity contribution in [2.24, 2.45) is 0 Å². The van der Waals surface area contributed by atoms with E-state index in [-0.39, 0.29) is 11.5 Å². The van der Waals surface area contributed by atoms with Crippen molar-refractivity contribution in [2.45, 2.75) is 0 Å². The maximum Gasteiger partial charge on any atom is 0.335 e. The van der Waals surface area contributed by atoms with Gasteiger partial charge in [-0.25, -0.2) is 4.79 Å². The zero-order valence-corrected chi connectivity index (χ0v) is 14.8. The van der Waals surface area contributed by atoms with Gasteiger partial charge in [0.25, 0.3) is 5.91 Å². The lowest BCUT2D eigenvalue weighted by Crippen LogP contribution is -2.27. The normalized spacial score (nSPS) is 15.7. The molecule has 2 aromatic rings. The summed E-state index contributed by atoms with van der Waals surface area (Å²) in [6.07, 6.45) is 1.70. The molecule has 1 heterocycles. The Labute approximate surface area is 153 Å². The van der Waals surface area contributed by atoms with Crippen LogP contribution < -0.4 is 9.64 Å². The maximum atomic E-state index is 12.7. The average molecular weight is 371 g/mol. The highest BCUT2D eigenvalue weighted by atomic mass is 32.2. The van der Waals surface area contributed by atoms with Crippen molar-refractivity contribution in [3.63, 3.8) is 0 Å². The molecule has 1 aliphatic rings. The number of carbonyl (C=O) groups excluding carboxylic acids is 1. The molecule has 3 rings (SSSR count). The van der Waals surface area contributed by atoms with Crippen LogP contribution in [0.25, 0.3) is 6.08 Å². The Bertz CT molecular complexity index is 873. The SMILES string of the molecule is COc1ccc(N2C(=O)/C(=C\c3ccc(C(=O)O)cc3)SC2=S)cc1. The maximum absolute atomic E-state index is 12.7. The van der Waals surface area contributed by atoms with Crippen molar-refractivity contribution in [2.75, 3.05) is 12.0 Å². The molecule has 1 saturated heterocycles. The quantitative estimate of drug-likeness (QED) is 0.651. The summed E-state index contributed by atoms with van der Waals surface area (Å²) in [7, 11) is 1.58. The monoisotopic (exact) mass is 371 g/mol. The number of ether oxygens (including phenoxy) is 1. The summed E-state index contributed by atoms with van der Waals surface area (Å²) in [6, 6.07) is 13.4. The van der Waals surface area contributed by atoms with Gasteiger partial charge in [-0.15, -0.1) is 0 Å². The predicted molar refractivity (Wildman–Crippen MR) is 102 cm³/mol. The van der Waals surface area contributed by atoms with Crippen LogP contribution in [0.2, 0.25) is 0 Å². The number of hydrogen-bond donors (Lipinski definition) is 1. The molecule has 1 N–H and O–H groups in total. The van der Waals surface area contributed by atoms with Gasteiger partial charge in [0.05, 0.1) is 23.3 Å². The number of thioether (sulfide) groups is 1. The first-order chi connectivity index (χ1) is 12.0. The Morgan fingerprint density at radius 3 is 2.36 bits per heavy atom. The number of hydrogen-bond acceptors (Lipinski definition) is 5. The van der Waals surface area contributed by atoms with Crippen molar-refractivity contribution in [3.05, 3.63) is 64.6 Å². The number of nitrogens with zero attached hydrogens (tertiary/aromatic N) is 1. The smallest absolute Gasteiger partial charge is 0.335 e. The molecule has 0 bridgehead atoms. The number of thiocarbonyl (C=S) groups is 1. The second kappa shape index (κ2) is 7.08. The van der Waals surface area contributed by atoms with E-state index in [1.807, 2.05) is 0 Å². The number of carboxylic acid groups (broad SMARTS) is 1. The minimum atomic E-state index is -0.989. The molecular weight excluding hydrogens is 358 g/mol. The van der Waals surface area contributed by atoms with Crippen LogP contribution >= 0.6 is 24.0 Å². The topological polar surface area (TPSA) is 66.8 Å². The number of aromatic carboxylic acids is 1. The summed E-state index contributed by atoms with van der Waals surface area (Å²) in [5.74, 6) is -0.497. The molecule has 5 nitrogen and oxygen atoms in total. The van der Waals surface area contributed by atoms with Crippen LogP contribution in [0.5, 0.6) is 5.75 Å². The lowest BCUT2D eigenvalue weighted by molar-refractivity contribution is -0.113. The molecule has 0 aliphatic carbocycles. The highest BCUT2D eigenvalue weighted by Crippen LogP contribution is 2.36. The molecular formula is C18H13NO4S2. The second-order valence-corrected chi connectivity index (χ2v) is 6.82. The zero-order valence-electron chi connectivity index (χ0n) is 13.1. The fourth-order valence-corrected chi connectivity index (χ4v) is 3.59. The van der Waals surface area contributed by atoms with Gasteiger partial charge in [-0.2, -0.15) is 0 Å². The molecule has 7 heteroatoms. The predicted octanol–water partition coefficient (Wildman–Crippen LogP) is 3.80. The second-order valence-electron chi connectivity index (χ2n) is 5.14. The van der Waals surface area contributed by atoms with Crippen LogP contribution in [0, 0.1) is 0 Å². The van der Waals surface area contributed by atoms with Crippen molar-refractivity contribution in [1.82, 2.24) is 0 Å². The zero-order chi connectivity index (χ0) is 18.0. The summed E-state index contributed by atoms with van der Waals surface area (Å²) in [5, 5.41) is 8.93. The van der Waals surface area contributed by atoms with Crippen molar-refractivity contribution in [3.8, 4) is 5.75 Å². The van der Waals surface area contributed by atoms with Gasteiger partial charge in [-0.1, -0.05) is 36.1 Å². The summed E-state index contributed by atoms with van der Waals surface area (Å²) < 4.78 is 5.57. The van der Waals surface area contributed by atoms with E-state index in [4.69, 9.17) is 22.1 Å². The summed E-state index contributed by atoms with van der Waals surface area (Å²) in [5.41, 5.74) is 1.61. The third-order valence-corrected chi connectivity index (χ3v) is 4.88. The van der Waals surface area contributed by atoms with E-state index in [1.54, 1.807) is 49.6 Å². The number of benzene rings is 2. The third kappa shape index (κ3) is 3.57. The Morgan fingerprint density at radius 2 is 1.80 bits per heavy atom. The Hall–Kier alpha value is -2.64. The van der Waals surface area contributed by atoms with Gasteiger partial charge in [0.15, 0.2) is 4.32 Å². The van der Waals surface area contributed by atoms with Gasteiger partial charge in [0.1, 0.15) is 5.75 Å². The molecule has 0 atom stereocenters. The molecule has 0 radical (unpaired) electrons. The van der Waals surface area contributed by atoms with Crippen LogP contribution in [0.15, 0.2) is 53.4 Å². The molecule has 1 fully saturated rings. The van der Waals surface area contributed by atoms with Gasteiger partial charge in [0, 0.05) is 0 Å². The first kappa shape index (κ1) is 17.2. The molecule has 0 aromatic heterocycles. The van der Waals surface area contributed by atoms with Crippen LogP contribution in [0.4, 0.5) is 5.69 Å². The summed E-state index contributed by atoms with van der Waals surface area (Å²) >= 11 is 6.54. The van der Waals surface area contributed by atoms with E-state index in [2.05, 4.69) is 0 Å². The molecule has 0 saturated carbocycles. The Morgan fingerprint density at radius 1 is 1.16 bits per heavy atom. The van der Waals surface area contributed by atoms with E-state index < -0.39 is 5.97 Å². The molecule has 0 spiro atoms. The Balaban J connectivity index is 1.85. The lowest BCUT2D eigenvalue weighted by Gasteiger charge is -2.14. The molecule has 126 valence electrons. The first-order valence-electron chi connectivity index (χ1n) is 7.25. The standard InChI is InChI=1S/C18H13NO4S2/c1-23-14-8-6-13(7-9-14)19-16(20)15(25-18(19)24)10-11-2-4-12(5-3-11)17(21)22/h2-10H,1H3,(H,21,22)/b15-10+. The Kier molecular flexibility index (Phi) is 4.87. The fourth-order valence-electron chi connectivity index (χ4n) is 2.29. The van der Waals surface area contributed by atoms with Crippen molar-refractivity contribution in [1.29, 1.82) is 0 Å². The summed E-state index contributed by atoms with van der Waals surface area (Å²) in [6.45, 7) is 0. The first-order valence-corrected chi connectivity index (χ1v) is 8.47. The molecule has 1 amide bonds. The van der Waals surface area contributed by atoms with Gasteiger partial charge in [-0.3, -0.25) is 9.69 Å². The number of methoxy groups -OCH3 is 1. The largest absolute Gasteiger partial charge is 0.497 e. The molecule has 1 aliphatic heterocycles. The van der Waals surface area contributed by atoms with Crippen molar-refractivity contribution >= 4 is 51.9 Å². The lowest BCUT2D eigenvalue weighted by atomic mass is 10.1. The van der Waals surface area contributed by atoms with Crippen molar-refractivity contribution < 1.29 is 19.4 Å². The molecule has 0 unspecified atom stereocenters.